The minimum absolute atomic E-state index is 0.385. The number of rotatable bonds is 2. The van der Waals surface area contributed by atoms with Gasteiger partial charge in [-0.05, 0) is 15.9 Å². The zero-order valence-corrected chi connectivity index (χ0v) is 9.80. The molecule has 0 aliphatic heterocycles. The maximum atomic E-state index is 12.6. The van der Waals surface area contributed by atoms with E-state index in [1.165, 1.54) is 0 Å². The molecule has 0 radical (unpaired) electrons. The molecule has 0 spiro atoms. The average molecular weight is 324 g/mol. The van der Waals surface area contributed by atoms with Crippen LogP contribution in [0.4, 0.5) is 22.0 Å². The van der Waals surface area contributed by atoms with Gasteiger partial charge in [-0.15, -0.1) is 11.6 Å². The van der Waals surface area contributed by atoms with Gasteiger partial charge >= 0.3 is 6.18 Å². The van der Waals surface area contributed by atoms with Crippen molar-refractivity contribution < 1.29 is 22.0 Å². The average Bonchev–Trinajstić information content (AvgIpc) is 2.15. The van der Waals surface area contributed by atoms with Crippen molar-refractivity contribution in [3.63, 3.8) is 0 Å². The fourth-order valence-electron chi connectivity index (χ4n) is 1.17. The van der Waals surface area contributed by atoms with Crippen molar-refractivity contribution in [3.8, 4) is 0 Å². The molecule has 0 fully saturated rings. The SMILES string of the molecule is FC(F)c1c(Br)cnc(CCl)c1C(F)(F)F. The highest BCUT2D eigenvalue weighted by atomic mass is 79.9. The second kappa shape index (κ2) is 4.83. The molecule has 1 nitrogen and oxygen atoms in total. The minimum Gasteiger partial charge on any atom is -0.258 e. The van der Waals surface area contributed by atoms with Crippen molar-refractivity contribution >= 4 is 27.5 Å². The van der Waals surface area contributed by atoms with Crippen molar-refractivity contribution in [1.29, 1.82) is 0 Å². The van der Waals surface area contributed by atoms with Gasteiger partial charge in [0.15, 0.2) is 0 Å². The summed E-state index contributed by atoms with van der Waals surface area (Å²) in [5.74, 6) is -0.582. The van der Waals surface area contributed by atoms with Gasteiger partial charge in [-0.1, -0.05) is 0 Å². The minimum atomic E-state index is -4.91. The first-order valence-corrected chi connectivity index (χ1v) is 5.20. The van der Waals surface area contributed by atoms with E-state index < -0.39 is 35.3 Å². The molecule has 1 aromatic rings. The number of alkyl halides is 6. The highest BCUT2D eigenvalue weighted by Gasteiger charge is 2.40. The van der Waals surface area contributed by atoms with Gasteiger partial charge < -0.3 is 0 Å². The smallest absolute Gasteiger partial charge is 0.258 e. The molecule has 0 aliphatic rings. The van der Waals surface area contributed by atoms with Gasteiger partial charge in [0.25, 0.3) is 6.43 Å². The maximum Gasteiger partial charge on any atom is 0.418 e. The lowest BCUT2D eigenvalue weighted by Gasteiger charge is -2.16. The molecule has 0 aliphatic carbocycles. The monoisotopic (exact) mass is 323 g/mol. The third-order valence-electron chi connectivity index (χ3n) is 1.78. The van der Waals surface area contributed by atoms with Gasteiger partial charge in [-0.3, -0.25) is 4.98 Å². The van der Waals surface area contributed by atoms with Crippen LogP contribution < -0.4 is 0 Å². The maximum absolute atomic E-state index is 12.6. The summed E-state index contributed by atoms with van der Waals surface area (Å²) in [6.45, 7) is 0. The van der Waals surface area contributed by atoms with Gasteiger partial charge in [0.1, 0.15) is 0 Å². The topological polar surface area (TPSA) is 12.9 Å². The molecule has 1 aromatic heterocycles. The Morgan fingerprint density at radius 1 is 1.38 bits per heavy atom. The van der Waals surface area contributed by atoms with Crippen LogP contribution in [0.1, 0.15) is 23.2 Å². The molecule has 16 heavy (non-hydrogen) atoms. The van der Waals surface area contributed by atoms with E-state index in [-0.39, 0.29) is 4.47 Å². The molecular weight excluding hydrogens is 320 g/mol. The number of pyridine rings is 1. The molecule has 0 bridgehead atoms. The van der Waals surface area contributed by atoms with Gasteiger partial charge in [0.2, 0.25) is 0 Å². The summed E-state index contributed by atoms with van der Waals surface area (Å²) in [6.07, 6.45) is -7.28. The van der Waals surface area contributed by atoms with Crippen LogP contribution in [0.3, 0.4) is 0 Å². The van der Waals surface area contributed by atoms with Gasteiger partial charge in [0, 0.05) is 16.2 Å². The predicted molar refractivity (Wildman–Crippen MR) is 51.5 cm³/mol. The summed E-state index contributed by atoms with van der Waals surface area (Å²) in [5, 5.41) is 0. The van der Waals surface area contributed by atoms with Crippen LogP contribution in [0, 0.1) is 0 Å². The molecule has 0 unspecified atom stereocenters. The Kier molecular flexibility index (Phi) is 4.12. The number of hydrogen-bond acceptors (Lipinski definition) is 1. The lowest BCUT2D eigenvalue weighted by Crippen LogP contribution is -2.15. The molecule has 8 heteroatoms. The Hall–Kier alpha value is -0.430. The van der Waals surface area contributed by atoms with Crippen molar-refractivity contribution in [2.75, 3.05) is 0 Å². The van der Waals surface area contributed by atoms with E-state index in [9.17, 15) is 22.0 Å². The molecule has 0 amide bonds. The number of halogens is 7. The van der Waals surface area contributed by atoms with Crippen molar-refractivity contribution in [2.24, 2.45) is 0 Å². The van der Waals surface area contributed by atoms with E-state index >= 15 is 0 Å². The third kappa shape index (κ3) is 2.63. The summed E-state index contributed by atoms with van der Waals surface area (Å²) in [6, 6.07) is 0. The van der Waals surface area contributed by atoms with Crippen LogP contribution in [0.2, 0.25) is 0 Å². The van der Waals surface area contributed by atoms with E-state index in [1.54, 1.807) is 0 Å². The standard InChI is InChI=1S/C8H4BrClF5N/c9-3-2-16-4(1-10)6(8(13,14)15)5(3)7(11)12/h2,7H,1H2. The molecule has 0 N–H and O–H groups in total. The highest BCUT2D eigenvalue weighted by Crippen LogP contribution is 2.41. The first-order chi connectivity index (χ1) is 7.29. The molecule has 0 saturated carbocycles. The van der Waals surface area contributed by atoms with Gasteiger partial charge in [-0.2, -0.15) is 13.2 Å². The normalized spacial score (nSPS) is 12.2. The Labute approximate surface area is 101 Å². The lowest BCUT2D eigenvalue weighted by atomic mass is 10.1. The Morgan fingerprint density at radius 2 is 1.94 bits per heavy atom. The predicted octanol–water partition coefficient (Wildman–Crippen LogP) is 4.54. The van der Waals surface area contributed by atoms with Gasteiger partial charge in [-0.25, -0.2) is 8.78 Å². The Balaban J connectivity index is 3.56. The summed E-state index contributed by atoms with van der Waals surface area (Å²) >= 11 is 7.86. The lowest BCUT2D eigenvalue weighted by molar-refractivity contribution is -0.140. The van der Waals surface area contributed by atoms with Crippen LogP contribution in [0.15, 0.2) is 10.7 Å². The van der Waals surface area contributed by atoms with E-state index in [0.29, 0.717) is 0 Å². The molecule has 0 atom stereocenters. The van der Waals surface area contributed by atoms with Crippen LogP contribution in [0.5, 0.6) is 0 Å². The van der Waals surface area contributed by atoms with Crippen LogP contribution >= 0.6 is 27.5 Å². The summed E-state index contributed by atoms with van der Waals surface area (Å²) < 4.78 is 62.4. The van der Waals surface area contributed by atoms with E-state index in [2.05, 4.69) is 20.9 Å². The van der Waals surface area contributed by atoms with E-state index in [0.717, 1.165) is 6.20 Å². The summed E-state index contributed by atoms with van der Waals surface area (Å²) in [4.78, 5) is 3.37. The van der Waals surface area contributed by atoms with E-state index in [1.807, 2.05) is 0 Å². The Bertz CT molecular complexity index is 393. The van der Waals surface area contributed by atoms with E-state index in [4.69, 9.17) is 11.6 Å². The molecule has 90 valence electrons. The first-order valence-electron chi connectivity index (χ1n) is 3.87. The number of nitrogens with zero attached hydrogens (tertiary/aromatic N) is 1. The van der Waals surface area contributed by atoms with Crippen LogP contribution in [-0.2, 0) is 12.1 Å². The Morgan fingerprint density at radius 3 is 2.31 bits per heavy atom. The zero-order valence-electron chi connectivity index (χ0n) is 7.45. The molecule has 0 aromatic carbocycles. The van der Waals surface area contributed by atoms with Crippen LogP contribution in [-0.4, -0.2) is 4.98 Å². The second-order valence-corrected chi connectivity index (χ2v) is 3.90. The second-order valence-electron chi connectivity index (χ2n) is 2.77. The van der Waals surface area contributed by atoms with Crippen molar-refractivity contribution in [1.82, 2.24) is 4.98 Å². The van der Waals surface area contributed by atoms with Crippen molar-refractivity contribution in [2.45, 2.75) is 18.5 Å². The number of hydrogen-bond donors (Lipinski definition) is 0. The molecule has 1 rings (SSSR count). The fourth-order valence-corrected chi connectivity index (χ4v) is 1.85. The molecule has 1 heterocycles. The molecule has 0 saturated heterocycles. The summed E-state index contributed by atoms with van der Waals surface area (Å²) in [5.41, 5.74) is -3.20. The van der Waals surface area contributed by atoms with Crippen LogP contribution in [0.25, 0.3) is 0 Å². The summed E-state index contributed by atoms with van der Waals surface area (Å²) in [7, 11) is 0. The highest BCUT2D eigenvalue weighted by molar-refractivity contribution is 9.10. The third-order valence-corrected chi connectivity index (χ3v) is 2.66. The van der Waals surface area contributed by atoms with Gasteiger partial charge in [0.05, 0.1) is 17.1 Å². The zero-order chi connectivity index (χ0) is 12.5. The molecular formula is C8H4BrClF5N. The van der Waals surface area contributed by atoms with Crippen molar-refractivity contribution in [3.05, 3.63) is 27.5 Å². The largest absolute Gasteiger partial charge is 0.418 e. The fraction of sp³-hybridized carbons (Fsp3) is 0.375. The first kappa shape index (κ1) is 13.6. The number of aromatic nitrogens is 1. The quantitative estimate of drug-likeness (QED) is 0.575.